The second-order valence-electron chi connectivity index (χ2n) is 5.35. The van der Waals surface area contributed by atoms with Crippen molar-refractivity contribution in [1.29, 1.82) is 0 Å². The van der Waals surface area contributed by atoms with Gasteiger partial charge in [-0.25, -0.2) is 18.8 Å². The largest absolute Gasteiger partial charge is 0.471 e. The Balaban J connectivity index is 0.00000264. The predicted molar refractivity (Wildman–Crippen MR) is 96.5 cm³/mol. The quantitative estimate of drug-likeness (QED) is 0.405. The lowest BCUT2D eigenvalue weighted by molar-refractivity contribution is 0.0791. The second kappa shape index (κ2) is 10.6. The van der Waals surface area contributed by atoms with Crippen LogP contribution in [-0.2, 0) is 6.54 Å². The molecule has 1 heterocycles. The molecule has 0 atom stereocenters. The predicted octanol–water partition coefficient (Wildman–Crippen LogP) is 3.08. The van der Waals surface area contributed by atoms with Crippen LogP contribution in [0.15, 0.2) is 23.3 Å². The zero-order chi connectivity index (χ0) is 15.8. The molecule has 1 saturated carbocycles. The molecular weight excluding hydrogens is 417 g/mol. The van der Waals surface area contributed by atoms with Crippen LogP contribution < -0.4 is 15.8 Å². The molecule has 0 aliphatic heterocycles. The lowest BCUT2D eigenvalue weighted by Gasteiger charge is -2.23. The van der Waals surface area contributed by atoms with Gasteiger partial charge >= 0.3 is 0 Å². The molecule has 23 heavy (non-hydrogen) atoms. The average molecular weight is 440 g/mol. The molecule has 1 aliphatic carbocycles. The normalized spacial score (nSPS) is 16.0. The first-order valence-electron chi connectivity index (χ1n) is 7.56. The molecule has 0 aromatic carbocycles. The molecule has 0 unspecified atom stereocenters. The molecule has 1 aromatic heterocycles. The van der Waals surface area contributed by atoms with Crippen LogP contribution in [0.25, 0.3) is 0 Å². The summed E-state index contributed by atoms with van der Waals surface area (Å²) >= 11 is 0. The minimum Gasteiger partial charge on any atom is -0.471 e. The van der Waals surface area contributed by atoms with Gasteiger partial charge in [0.15, 0.2) is 12.6 Å². The summed E-state index contributed by atoms with van der Waals surface area (Å²) < 4.78 is 29.4. The second-order valence-corrected chi connectivity index (χ2v) is 5.35. The molecule has 3 N–H and O–H groups in total. The van der Waals surface area contributed by atoms with E-state index in [2.05, 4.69) is 15.3 Å². The number of halogens is 3. The maximum absolute atomic E-state index is 12.2. The molecule has 5 nitrogen and oxygen atoms in total. The van der Waals surface area contributed by atoms with Crippen LogP contribution in [0.5, 0.6) is 5.88 Å². The highest BCUT2D eigenvalue weighted by Gasteiger charge is 2.13. The summed E-state index contributed by atoms with van der Waals surface area (Å²) in [7, 11) is 0. The van der Waals surface area contributed by atoms with Crippen molar-refractivity contribution >= 4 is 29.9 Å². The molecule has 1 aromatic rings. The monoisotopic (exact) mass is 440 g/mol. The Morgan fingerprint density at radius 1 is 1.39 bits per heavy atom. The van der Waals surface area contributed by atoms with E-state index in [1.165, 1.54) is 25.5 Å². The third-order valence-corrected chi connectivity index (χ3v) is 3.57. The Morgan fingerprint density at radius 3 is 2.83 bits per heavy atom. The average Bonchev–Trinajstić information content (AvgIpc) is 2.52. The van der Waals surface area contributed by atoms with Crippen LogP contribution in [-0.4, -0.2) is 30.0 Å². The highest BCUT2D eigenvalue weighted by atomic mass is 127. The van der Waals surface area contributed by atoms with E-state index >= 15 is 0 Å². The number of alkyl halides is 2. The van der Waals surface area contributed by atoms with Gasteiger partial charge in [0.05, 0.1) is 6.54 Å². The zero-order valence-corrected chi connectivity index (χ0v) is 15.2. The lowest BCUT2D eigenvalue weighted by atomic mass is 9.96. The molecule has 0 saturated heterocycles. The van der Waals surface area contributed by atoms with Crippen molar-refractivity contribution in [3.05, 3.63) is 23.9 Å². The van der Waals surface area contributed by atoms with Gasteiger partial charge in [-0.05, 0) is 18.9 Å². The summed E-state index contributed by atoms with van der Waals surface area (Å²) in [4.78, 5) is 8.21. The number of aliphatic imine (C=N–C) groups is 1. The molecule has 0 spiro atoms. The van der Waals surface area contributed by atoms with Gasteiger partial charge in [-0.2, -0.15) is 0 Å². The molecule has 0 bridgehead atoms. The third-order valence-electron chi connectivity index (χ3n) is 3.57. The molecule has 0 amide bonds. The van der Waals surface area contributed by atoms with Gasteiger partial charge in [0.2, 0.25) is 5.88 Å². The number of pyridine rings is 1. The number of hydrogen-bond acceptors (Lipinski definition) is 3. The Bertz CT molecular complexity index is 496. The minimum atomic E-state index is -2.53. The molecule has 1 aliphatic rings. The van der Waals surface area contributed by atoms with Crippen LogP contribution in [0.2, 0.25) is 0 Å². The first-order chi connectivity index (χ1) is 10.6. The van der Waals surface area contributed by atoms with Crippen LogP contribution in [0.4, 0.5) is 8.78 Å². The summed E-state index contributed by atoms with van der Waals surface area (Å²) in [6.07, 6.45) is 4.86. The highest BCUT2D eigenvalue weighted by molar-refractivity contribution is 14.0. The Morgan fingerprint density at radius 2 is 2.13 bits per heavy atom. The summed E-state index contributed by atoms with van der Waals surface area (Å²) in [6, 6.07) is 3.83. The number of nitrogens with two attached hydrogens (primary N) is 1. The van der Waals surface area contributed by atoms with Gasteiger partial charge < -0.3 is 15.8 Å². The van der Waals surface area contributed by atoms with Crippen molar-refractivity contribution in [2.45, 2.75) is 51.1 Å². The maximum atomic E-state index is 12.2. The number of rotatable bonds is 6. The van der Waals surface area contributed by atoms with Crippen molar-refractivity contribution in [2.24, 2.45) is 10.7 Å². The van der Waals surface area contributed by atoms with Crippen LogP contribution in [0, 0.1) is 0 Å². The van der Waals surface area contributed by atoms with Gasteiger partial charge in [0.1, 0.15) is 0 Å². The smallest absolute Gasteiger partial charge is 0.272 e. The molecule has 1 fully saturated rings. The van der Waals surface area contributed by atoms with Crippen molar-refractivity contribution in [2.75, 3.05) is 6.61 Å². The van der Waals surface area contributed by atoms with Crippen LogP contribution in [0.3, 0.4) is 0 Å². The Hall–Kier alpha value is -1.19. The number of nitrogens with one attached hydrogen (secondary N) is 1. The van der Waals surface area contributed by atoms with E-state index in [4.69, 9.17) is 10.5 Å². The zero-order valence-electron chi connectivity index (χ0n) is 12.9. The van der Waals surface area contributed by atoms with E-state index in [0.717, 1.165) is 12.8 Å². The third kappa shape index (κ3) is 7.28. The molecular formula is C15H23F2IN4O. The molecule has 130 valence electrons. The Kier molecular flexibility index (Phi) is 9.12. The standard InChI is InChI=1S/C15H22F2N4O.HI/c16-13(17)10-22-14-11(5-4-8-19-14)9-20-15(18)21-12-6-2-1-3-7-12;/h4-5,8,12-13H,1-3,6-7,9-10H2,(H3,18,20,21);1H. The number of nitrogens with zero attached hydrogens (tertiary/aromatic N) is 2. The minimum absolute atomic E-state index is 0. The van der Waals surface area contributed by atoms with Crippen molar-refractivity contribution < 1.29 is 13.5 Å². The fourth-order valence-electron chi connectivity index (χ4n) is 2.49. The van der Waals surface area contributed by atoms with Crippen molar-refractivity contribution in [3.8, 4) is 5.88 Å². The van der Waals surface area contributed by atoms with E-state index in [0.29, 0.717) is 17.6 Å². The van der Waals surface area contributed by atoms with E-state index in [9.17, 15) is 8.78 Å². The highest BCUT2D eigenvalue weighted by Crippen LogP contribution is 2.18. The summed E-state index contributed by atoms with van der Waals surface area (Å²) in [5.41, 5.74) is 6.52. The summed E-state index contributed by atoms with van der Waals surface area (Å²) in [5.74, 6) is 0.549. The topological polar surface area (TPSA) is 72.5 Å². The number of ether oxygens (including phenoxy) is 1. The fraction of sp³-hybridized carbons (Fsp3) is 0.600. The first-order valence-corrected chi connectivity index (χ1v) is 7.56. The van der Waals surface area contributed by atoms with E-state index in [1.54, 1.807) is 12.1 Å². The number of aromatic nitrogens is 1. The SMILES string of the molecule is I.NC(=NCc1cccnc1OCC(F)F)NC1CCCCC1. The number of hydrogen-bond donors (Lipinski definition) is 2. The van der Waals surface area contributed by atoms with E-state index < -0.39 is 13.0 Å². The summed E-state index contributed by atoms with van der Waals surface area (Å²) in [5, 5.41) is 3.21. The van der Waals surface area contributed by atoms with E-state index in [1.807, 2.05) is 0 Å². The van der Waals surface area contributed by atoms with Crippen molar-refractivity contribution in [3.63, 3.8) is 0 Å². The van der Waals surface area contributed by atoms with Gasteiger partial charge in [0, 0.05) is 17.8 Å². The number of guanidine groups is 1. The summed E-state index contributed by atoms with van der Waals surface area (Å²) in [6.45, 7) is -0.429. The van der Waals surface area contributed by atoms with Gasteiger partial charge in [-0.1, -0.05) is 25.3 Å². The van der Waals surface area contributed by atoms with Crippen molar-refractivity contribution in [1.82, 2.24) is 10.3 Å². The first kappa shape index (κ1) is 19.9. The van der Waals surface area contributed by atoms with Gasteiger partial charge in [0.25, 0.3) is 6.43 Å². The van der Waals surface area contributed by atoms with Crippen LogP contribution in [0.1, 0.15) is 37.7 Å². The fourth-order valence-corrected chi connectivity index (χ4v) is 2.49. The van der Waals surface area contributed by atoms with E-state index in [-0.39, 0.29) is 36.4 Å². The van der Waals surface area contributed by atoms with Gasteiger partial charge in [-0.3, -0.25) is 0 Å². The Labute approximate surface area is 152 Å². The molecule has 0 radical (unpaired) electrons. The lowest BCUT2D eigenvalue weighted by Crippen LogP contribution is -2.41. The van der Waals surface area contributed by atoms with Gasteiger partial charge in [-0.15, -0.1) is 24.0 Å². The van der Waals surface area contributed by atoms with Crippen LogP contribution >= 0.6 is 24.0 Å². The maximum Gasteiger partial charge on any atom is 0.272 e. The molecule has 8 heteroatoms. The molecule has 2 rings (SSSR count).